The van der Waals surface area contributed by atoms with Crippen molar-refractivity contribution in [3.63, 3.8) is 0 Å². The number of hydrogen-bond donors (Lipinski definition) is 0. The van der Waals surface area contributed by atoms with Gasteiger partial charge in [-0.2, -0.15) is 0 Å². The van der Waals surface area contributed by atoms with Gasteiger partial charge in [-0.25, -0.2) is 4.79 Å². The maximum absolute atomic E-state index is 11.7. The Labute approximate surface area is 110 Å². The highest BCUT2D eigenvalue weighted by atomic mass is 16.6. The first kappa shape index (κ1) is 13.1. The van der Waals surface area contributed by atoms with Crippen molar-refractivity contribution >= 4 is 17.9 Å². The van der Waals surface area contributed by atoms with Crippen LogP contribution in [0.3, 0.4) is 0 Å². The molecule has 1 fully saturated rings. The van der Waals surface area contributed by atoms with Crippen LogP contribution in [0.2, 0.25) is 0 Å². The molecule has 0 saturated carbocycles. The van der Waals surface area contributed by atoms with Gasteiger partial charge in [0.15, 0.2) is 0 Å². The molecule has 0 unspecified atom stereocenters. The third-order valence-electron chi connectivity index (χ3n) is 2.86. The lowest BCUT2D eigenvalue weighted by Crippen LogP contribution is -2.54. The van der Waals surface area contributed by atoms with Gasteiger partial charge in [-0.3, -0.25) is 19.4 Å². The standard InChI is InChI=1S/C13H14N2O4/c1-14-11(16)7-15(8-12(14)17)13(18)19-9-10-5-3-2-4-6-10/h2-6H,7-9H2,1H3. The van der Waals surface area contributed by atoms with E-state index in [1.165, 1.54) is 7.05 Å². The second-order valence-electron chi connectivity index (χ2n) is 4.24. The van der Waals surface area contributed by atoms with Crippen molar-refractivity contribution in [2.75, 3.05) is 20.1 Å². The first-order valence-corrected chi connectivity index (χ1v) is 5.83. The average molecular weight is 262 g/mol. The van der Waals surface area contributed by atoms with Crippen molar-refractivity contribution in [1.82, 2.24) is 9.80 Å². The molecule has 0 aliphatic carbocycles. The molecule has 0 bridgehead atoms. The molecular weight excluding hydrogens is 248 g/mol. The van der Waals surface area contributed by atoms with Gasteiger partial charge in [-0.15, -0.1) is 0 Å². The van der Waals surface area contributed by atoms with Gasteiger partial charge >= 0.3 is 6.09 Å². The van der Waals surface area contributed by atoms with Gasteiger partial charge in [-0.1, -0.05) is 30.3 Å². The number of hydrogen-bond acceptors (Lipinski definition) is 4. The molecule has 6 nitrogen and oxygen atoms in total. The predicted molar refractivity (Wildman–Crippen MR) is 66.0 cm³/mol. The Bertz CT molecular complexity index is 483. The average Bonchev–Trinajstić information content (AvgIpc) is 2.42. The zero-order valence-corrected chi connectivity index (χ0v) is 10.5. The molecule has 2 rings (SSSR count). The highest BCUT2D eigenvalue weighted by molar-refractivity contribution is 6.01. The van der Waals surface area contributed by atoms with Crippen LogP contribution in [0.5, 0.6) is 0 Å². The zero-order valence-electron chi connectivity index (χ0n) is 10.5. The Hall–Kier alpha value is -2.37. The molecule has 19 heavy (non-hydrogen) atoms. The molecule has 6 heteroatoms. The van der Waals surface area contributed by atoms with E-state index in [-0.39, 0.29) is 19.7 Å². The maximum Gasteiger partial charge on any atom is 0.411 e. The molecule has 1 aromatic rings. The fourth-order valence-electron chi connectivity index (χ4n) is 1.67. The minimum absolute atomic E-state index is 0.119. The first-order chi connectivity index (χ1) is 9.08. The molecule has 1 saturated heterocycles. The Balaban J connectivity index is 1.90. The van der Waals surface area contributed by atoms with E-state index in [4.69, 9.17) is 4.74 Å². The lowest BCUT2D eigenvalue weighted by atomic mass is 10.2. The number of piperazine rings is 1. The van der Waals surface area contributed by atoms with E-state index >= 15 is 0 Å². The number of nitrogens with zero attached hydrogens (tertiary/aromatic N) is 2. The predicted octanol–water partition coefficient (Wildman–Crippen LogP) is 0.624. The molecule has 0 N–H and O–H groups in total. The molecule has 1 aliphatic heterocycles. The van der Waals surface area contributed by atoms with Gasteiger partial charge in [0, 0.05) is 7.05 Å². The van der Waals surface area contributed by atoms with Gasteiger partial charge in [0.2, 0.25) is 11.8 Å². The van der Waals surface area contributed by atoms with E-state index in [2.05, 4.69) is 0 Å². The number of carbonyl (C=O) groups excluding carboxylic acids is 3. The van der Waals surface area contributed by atoms with Crippen LogP contribution in [-0.4, -0.2) is 47.8 Å². The SMILES string of the molecule is CN1C(=O)CN(C(=O)OCc2ccccc2)CC1=O. The van der Waals surface area contributed by atoms with Crippen molar-refractivity contribution < 1.29 is 19.1 Å². The third-order valence-corrected chi connectivity index (χ3v) is 2.86. The van der Waals surface area contributed by atoms with E-state index in [9.17, 15) is 14.4 Å². The number of benzene rings is 1. The normalized spacial score (nSPS) is 15.6. The van der Waals surface area contributed by atoms with Gasteiger partial charge in [0.05, 0.1) is 0 Å². The lowest BCUT2D eigenvalue weighted by Gasteiger charge is -2.29. The quantitative estimate of drug-likeness (QED) is 0.733. The fraction of sp³-hybridized carbons (Fsp3) is 0.308. The van der Waals surface area contributed by atoms with Crippen molar-refractivity contribution in [1.29, 1.82) is 0 Å². The summed E-state index contributed by atoms with van der Waals surface area (Å²) in [6.07, 6.45) is -0.654. The van der Waals surface area contributed by atoms with Crippen molar-refractivity contribution in [2.45, 2.75) is 6.61 Å². The summed E-state index contributed by atoms with van der Waals surface area (Å²) in [5.74, 6) is -0.819. The molecule has 0 aromatic heterocycles. The van der Waals surface area contributed by atoms with Gasteiger partial charge < -0.3 is 4.74 Å². The minimum atomic E-state index is -0.654. The molecule has 1 aliphatic rings. The largest absolute Gasteiger partial charge is 0.445 e. The van der Waals surface area contributed by atoms with Gasteiger partial charge in [0.25, 0.3) is 0 Å². The number of amides is 3. The Morgan fingerprint density at radius 3 is 2.32 bits per heavy atom. The maximum atomic E-state index is 11.7. The van der Waals surface area contributed by atoms with Crippen molar-refractivity contribution in [3.05, 3.63) is 35.9 Å². The van der Waals surface area contributed by atoms with Crippen LogP contribution >= 0.6 is 0 Å². The van der Waals surface area contributed by atoms with Crippen LogP contribution < -0.4 is 0 Å². The highest BCUT2D eigenvalue weighted by Crippen LogP contribution is 2.07. The van der Waals surface area contributed by atoms with Crippen LogP contribution in [0.15, 0.2) is 30.3 Å². The number of ether oxygens (including phenoxy) is 1. The summed E-state index contributed by atoms with van der Waals surface area (Å²) in [6, 6.07) is 9.20. The topological polar surface area (TPSA) is 66.9 Å². The Kier molecular flexibility index (Phi) is 3.79. The monoisotopic (exact) mass is 262 g/mol. The van der Waals surface area contributed by atoms with Crippen LogP contribution in [-0.2, 0) is 20.9 Å². The molecule has 0 radical (unpaired) electrons. The number of imide groups is 1. The van der Waals surface area contributed by atoms with E-state index < -0.39 is 17.9 Å². The molecule has 1 heterocycles. The summed E-state index contributed by atoms with van der Waals surface area (Å²) in [4.78, 5) is 36.8. The van der Waals surface area contributed by atoms with Crippen LogP contribution in [0.4, 0.5) is 4.79 Å². The third kappa shape index (κ3) is 3.09. The molecular formula is C13H14N2O4. The molecule has 1 aromatic carbocycles. The summed E-state index contributed by atoms with van der Waals surface area (Å²) in [5, 5.41) is 0. The van der Waals surface area contributed by atoms with E-state index in [1.54, 1.807) is 0 Å². The zero-order chi connectivity index (χ0) is 13.8. The smallest absolute Gasteiger partial charge is 0.411 e. The van der Waals surface area contributed by atoms with E-state index in [1.807, 2.05) is 30.3 Å². The summed E-state index contributed by atoms with van der Waals surface area (Å²) in [5.41, 5.74) is 0.850. The van der Waals surface area contributed by atoms with Crippen LogP contribution in [0.1, 0.15) is 5.56 Å². The Morgan fingerprint density at radius 2 is 1.74 bits per heavy atom. The fourth-order valence-corrected chi connectivity index (χ4v) is 1.67. The number of likely N-dealkylation sites (N-methyl/N-ethyl adjacent to an activating group) is 1. The number of rotatable bonds is 2. The minimum Gasteiger partial charge on any atom is -0.445 e. The van der Waals surface area contributed by atoms with Crippen molar-refractivity contribution in [2.24, 2.45) is 0 Å². The van der Waals surface area contributed by atoms with Crippen LogP contribution in [0.25, 0.3) is 0 Å². The second-order valence-corrected chi connectivity index (χ2v) is 4.24. The van der Waals surface area contributed by atoms with Gasteiger partial charge in [-0.05, 0) is 5.56 Å². The molecule has 0 atom stereocenters. The van der Waals surface area contributed by atoms with E-state index in [0.29, 0.717) is 0 Å². The van der Waals surface area contributed by atoms with E-state index in [0.717, 1.165) is 15.4 Å². The summed E-state index contributed by atoms with van der Waals surface area (Å²) < 4.78 is 5.06. The highest BCUT2D eigenvalue weighted by Gasteiger charge is 2.31. The van der Waals surface area contributed by atoms with Gasteiger partial charge in [0.1, 0.15) is 19.7 Å². The summed E-state index contributed by atoms with van der Waals surface area (Å²) >= 11 is 0. The molecule has 0 spiro atoms. The Morgan fingerprint density at radius 1 is 1.16 bits per heavy atom. The second kappa shape index (κ2) is 5.51. The van der Waals surface area contributed by atoms with Crippen molar-refractivity contribution in [3.8, 4) is 0 Å². The summed E-state index contributed by atoms with van der Waals surface area (Å²) in [6.45, 7) is -0.139. The van der Waals surface area contributed by atoms with Crippen LogP contribution in [0, 0.1) is 0 Å². The number of carbonyl (C=O) groups is 3. The first-order valence-electron chi connectivity index (χ1n) is 5.83. The molecule has 100 valence electrons. The molecule has 3 amide bonds. The summed E-state index contributed by atoms with van der Waals surface area (Å²) in [7, 11) is 1.40. The lowest BCUT2D eigenvalue weighted by molar-refractivity contribution is -0.148.